The molecule has 0 amide bonds. The standard InChI is InChI=1S/C12H16N2O3/c15-12(16)9-3-4-14-10(6-9)7-13-8-11-2-1-5-17-11/h3-4,6,11,13H,1-2,5,7-8H2,(H,15,16). The molecule has 1 aromatic rings. The van der Waals surface area contributed by atoms with Crippen molar-refractivity contribution in [2.45, 2.75) is 25.5 Å². The Bertz CT molecular complexity index is 389. The Kier molecular flexibility index (Phi) is 4.06. The molecule has 92 valence electrons. The van der Waals surface area contributed by atoms with Crippen molar-refractivity contribution in [2.75, 3.05) is 13.2 Å². The summed E-state index contributed by atoms with van der Waals surface area (Å²) in [7, 11) is 0. The van der Waals surface area contributed by atoms with E-state index in [9.17, 15) is 4.79 Å². The minimum atomic E-state index is -0.923. The third kappa shape index (κ3) is 3.51. The van der Waals surface area contributed by atoms with E-state index in [-0.39, 0.29) is 11.7 Å². The van der Waals surface area contributed by atoms with E-state index in [2.05, 4.69) is 10.3 Å². The lowest BCUT2D eigenvalue weighted by Crippen LogP contribution is -2.26. The van der Waals surface area contributed by atoms with E-state index >= 15 is 0 Å². The summed E-state index contributed by atoms with van der Waals surface area (Å²) in [6.07, 6.45) is 4.03. The number of hydrogen-bond acceptors (Lipinski definition) is 4. The van der Waals surface area contributed by atoms with Crippen LogP contribution < -0.4 is 5.32 Å². The van der Waals surface area contributed by atoms with Crippen molar-refractivity contribution in [2.24, 2.45) is 0 Å². The van der Waals surface area contributed by atoms with E-state index in [0.29, 0.717) is 6.54 Å². The molecule has 0 spiro atoms. The van der Waals surface area contributed by atoms with Gasteiger partial charge in [0, 0.05) is 25.9 Å². The van der Waals surface area contributed by atoms with Crippen LogP contribution >= 0.6 is 0 Å². The second-order valence-corrected chi connectivity index (χ2v) is 4.11. The molecule has 0 bridgehead atoms. The van der Waals surface area contributed by atoms with E-state index < -0.39 is 5.97 Å². The zero-order valence-electron chi connectivity index (χ0n) is 9.56. The molecule has 2 heterocycles. The molecule has 17 heavy (non-hydrogen) atoms. The minimum Gasteiger partial charge on any atom is -0.478 e. The molecule has 2 N–H and O–H groups in total. The molecular formula is C12H16N2O3. The maximum atomic E-state index is 10.8. The maximum Gasteiger partial charge on any atom is 0.335 e. The molecule has 1 saturated heterocycles. The topological polar surface area (TPSA) is 71.5 Å². The number of pyridine rings is 1. The molecule has 0 saturated carbocycles. The van der Waals surface area contributed by atoms with Gasteiger partial charge in [-0.3, -0.25) is 4.98 Å². The van der Waals surface area contributed by atoms with Crippen molar-refractivity contribution >= 4 is 5.97 Å². The highest BCUT2D eigenvalue weighted by atomic mass is 16.5. The van der Waals surface area contributed by atoms with Crippen LogP contribution in [0.1, 0.15) is 28.9 Å². The third-order valence-corrected chi connectivity index (χ3v) is 2.77. The number of ether oxygens (including phenoxy) is 1. The summed E-state index contributed by atoms with van der Waals surface area (Å²) in [5.41, 5.74) is 1.01. The van der Waals surface area contributed by atoms with Crippen LogP contribution in [0.15, 0.2) is 18.3 Å². The van der Waals surface area contributed by atoms with Crippen molar-refractivity contribution in [3.63, 3.8) is 0 Å². The molecule has 0 radical (unpaired) electrons. The fourth-order valence-corrected chi connectivity index (χ4v) is 1.87. The number of carboxylic acids is 1. The van der Waals surface area contributed by atoms with Crippen molar-refractivity contribution < 1.29 is 14.6 Å². The van der Waals surface area contributed by atoms with Gasteiger partial charge in [0.15, 0.2) is 0 Å². The fraction of sp³-hybridized carbons (Fsp3) is 0.500. The molecule has 5 nitrogen and oxygen atoms in total. The Morgan fingerprint density at radius 1 is 1.65 bits per heavy atom. The van der Waals surface area contributed by atoms with Gasteiger partial charge in [-0.05, 0) is 25.0 Å². The van der Waals surface area contributed by atoms with Gasteiger partial charge in [0.05, 0.1) is 17.4 Å². The molecule has 1 aliphatic rings. The van der Waals surface area contributed by atoms with Crippen LogP contribution in [-0.2, 0) is 11.3 Å². The first-order valence-corrected chi connectivity index (χ1v) is 5.76. The number of aromatic carboxylic acids is 1. The van der Waals surface area contributed by atoms with E-state index in [1.165, 1.54) is 12.3 Å². The smallest absolute Gasteiger partial charge is 0.335 e. The Morgan fingerprint density at radius 3 is 3.24 bits per heavy atom. The molecular weight excluding hydrogens is 220 g/mol. The van der Waals surface area contributed by atoms with Crippen LogP contribution in [0.3, 0.4) is 0 Å². The van der Waals surface area contributed by atoms with Crippen molar-refractivity contribution in [3.05, 3.63) is 29.6 Å². The first-order chi connectivity index (χ1) is 8.25. The number of rotatable bonds is 5. The number of aromatic nitrogens is 1. The van der Waals surface area contributed by atoms with Gasteiger partial charge in [-0.25, -0.2) is 4.79 Å². The van der Waals surface area contributed by atoms with Crippen LogP contribution in [0.2, 0.25) is 0 Å². The van der Waals surface area contributed by atoms with Gasteiger partial charge in [-0.15, -0.1) is 0 Å². The summed E-state index contributed by atoms with van der Waals surface area (Å²) in [5, 5.41) is 12.1. The predicted octanol–water partition coefficient (Wildman–Crippen LogP) is 1.05. The predicted molar refractivity (Wildman–Crippen MR) is 61.9 cm³/mol. The number of hydrogen-bond donors (Lipinski definition) is 2. The number of carboxylic acid groups (broad SMARTS) is 1. The summed E-state index contributed by atoms with van der Waals surface area (Å²) in [5.74, 6) is -0.923. The highest BCUT2D eigenvalue weighted by molar-refractivity contribution is 5.87. The molecule has 1 fully saturated rings. The summed E-state index contributed by atoms with van der Waals surface area (Å²) in [4.78, 5) is 14.9. The minimum absolute atomic E-state index is 0.272. The number of nitrogens with one attached hydrogen (secondary N) is 1. The van der Waals surface area contributed by atoms with Crippen LogP contribution in [0.5, 0.6) is 0 Å². The highest BCUT2D eigenvalue weighted by Crippen LogP contribution is 2.10. The molecule has 1 aliphatic heterocycles. The number of carbonyl (C=O) groups is 1. The lowest BCUT2D eigenvalue weighted by Gasteiger charge is -2.10. The highest BCUT2D eigenvalue weighted by Gasteiger charge is 2.14. The normalized spacial score (nSPS) is 19.4. The van der Waals surface area contributed by atoms with Crippen LogP contribution in [0.4, 0.5) is 0 Å². The first kappa shape index (κ1) is 12.0. The largest absolute Gasteiger partial charge is 0.478 e. The van der Waals surface area contributed by atoms with Crippen molar-refractivity contribution in [1.29, 1.82) is 0 Å². The zero-order chi connectivity index (χ0) is 12.1. The molecule has 1 unspecified atom stereocenters. The van der Waals surface area contributed by atoms with Crippen LogP contribution in [0.25, 0.3) is 0 Å². The van der Waals surface area contributed by atoms with Crippen LogP contribution in [-0.4, -0.2) is 35.3 Å². The molecule has 2 rings (SSSR count). The molecule has 0 aliphatic carbocycles. The Labute approximate surface area is 99.8 Å². The molecule has 1 atom stereocenters. The van der Waals surface area contributed by atoms with Gasteiger partial charge in [-0.1, -0.05) is 0 Å². The molecule has 1 aromatic heterocycles. The summed E-state index contributed by atoms with van der Waals surface area (Å²) < 4.78 is 5.48. The van der Waals surface area contributed by atoms with Gasteiger partial charge in [0.1, 0.15) is 0 Å². The average molecular weight is 236 g/mol. The van der Waals surface area contributed by atoms with E-state index in [4.69, 9.17) is 9.84 Å². The van der Waals surface area contributed by atoms with E-state index in [0.717, 1.165) is 31.7 Å². The van der Waals surface area contributed by atoms with Gasteiger partial charge in [-0.2, -0.15) is 0 Å². The Balaban J connectivity index is 1.81. The quantitative estimate of drug-likeness (QED) is 0.799. The Hall–Kier alpha value is -1.46. The van der Waals surface area contributed by atoms with Gasteiger partial charge in [0.25, 0.3) is 0 Å². The second kappa shape index (κ2) is 5.75. The van der Waals surface area contributed by atoms with Gasteiger partial charge in [0.2, 0.25) is 0 Å². The lowest BCUT2D eigenvalue weighted by atomic mass is 10.2. The lowest BCUT2D eigenvalue weighted by molar-refractivity contribution is 0.0696. The Morgan fingerprint density at radius 2 is 2.53 bits per heavy atom. The number of nitrogens with zero attached hydrogens (tertiary/aromatic N) is 1. The summed E-state index contributed by atoms with van der Waals surface area (Å²) in [6, 6.07) is 3.08. The SMILES string of the molecule is O=C(O)c1ccnc(CNCC2CCCO2)c1. The maximum absolute atomic E-state index is 10.8. The van der Waals surface area contributed by atoms with Crippen molar-refractivity contribution in [1.82, 2.24) is 10.3 Å². The molecule has 0 aromatic carbocycles. The first-order valence-electron chi connectivity index (χ1n) is 5.76. The fourth-order valence-electron chi connectivity index (χ4n) is 1.87. The molecule has 5 heteroatoms. The third-order valence-electron chi connectivity index (χ3n) is 2.77. The van der Waals surface area contributed by atoms with E-state index in [1.807, 2.05) is 0 Å². The van der Waals surface area contributed by atoms with Gasteiger partial charge >= 0.3 is 5.97 Å². The monoisotopic (exact) mass is 236 g/mol. The van der Waals surface area contributed by atoms with Gasteiger partial charge < -0.3 is 15.2 Å². The summed E-state index contributed by atoms with van der Waals surface area (Å²) >= 11 is 0. The average Bonchev–Trinajstić information content (AvgIpc) is 2.82. The second-order valence-electron chi connectivity index (χ2n) is 4.11. The van der Waals surface area contributed by atoms with E-state index in [1.54, 1.807) is 6.07 Å². The van der Waals surface area contributed by atoms with Crippen LogP contribution in [0, 0.1) is 0 Å². The summed E-state index contributed by atoms with van der Waals surface area (Å²) in [6.45, 7) is 2.21. The van der Waals surface area contributed by atoms with Crippen molar-refractivity contribution in [3.8, 4) is 0 Å². The zero-order valence-corrected chi connectivity index (χ0v) is 9.56.